The number of aryl methyl sites for hydroxylation is 1. The van der Waals surface area contributed by atoms with Gasteiger partial charge >= 0.3 is 0 Å². The van der Waals surface area contributed by atoms with E-state index in [4.69, 9.17) is 0 Å². The third-order valence-electron chi connectivity index (χ3n) is 4.81. The Balaban J connectivity index is 1.41. The molecule has 1 aromatic rings. The Hall–Kier alpha value is -1.63. The second kappa shape index (κ2) is 7.51. The Labute approximate surface area is 147 Å². The number of aromatic nitrogens is 1. The molecule has 132 valence electrons. The highest BCUT2D eigenvalue weighted by molar-refractivity contribution is 7.13. The first-order chi connectivity index (χ1) is 11.5. The van der Waals surface area contributed by atoms with Gasteiger partial charge in [0.05, 0.1) is 5.69 Å². The molecule has 2 atom stereocenters. The maximum absolute atomic E-state index is 12.4. The molecule has 1 N–H and O–H groups in total. The zero-order chi connectivity index (χ0) is 17.1. The number of amides is 2. The lowest BCUT2D eigenvalue weighted by atomic mass is 10.3. The Bertz CT molecular complexity index is 603. The second-order valence-electron chi connectivity index (χ2n) is 6.85. The first-order valence-electron chi connectivity index (χ1n) is 8.77. The summed E-state index contributed by atoms with van der Waals surface area (Å²) in [7, 11) is 0. The van der Waals surface area contributed by atoms with E-state index in [2.05, 4.69) is 27.5 Å². The molecule has 0 spiro atoms. The van der Waals surface area contributed by atoms with Gasteiger partial charge in [0, 0.05) is 50.4 Å². The molecule has 0 radical (unpaired) electrons. The topological polar surface area (TPSA) is 65.5 Å². The molecule has 2 amide bonds. The van der Waals surface area contributed by atoms with E-state index >= 15 is 0 Å². The third kappa shape index (κ3) is 4.26. The smallest absolute Gasteiger partial charge is 0.224 e. The third-order valence-corrected chi connectivity index (χ3v) is 5.83. The van der Waals surface area contributed by atoms with Crippen LogP contribution in [-0.2, 0) is 9.59 Å². The van der Waals surface area contributed by atoms with Gasteiger partial charge in [0.1, 0.15) is 0 Å². The van der Waals surface area contributed by atoms with E-state index in [1.54, 1.807) is 11.3 Å². The summed E-state index contributed by atoms with van der Waals surface area (Å²) >= 11 is 1.66. The standard InChI is InChI=1S/C17H26N4O2S/c1-12-10-14(12)16(23)18-5-4-15(22)20-6-3-7-21(9-8-20)17-19-13(2)11-24-17/h11-12,14H,3-10H2,1-2H3,(H,18,23). The van der Waals surface area contributed by atoms with Crippen molar-refractivity contribution >= 4 is 28.3 Å². The predicted molar refractivity (Wildman–Crippen MR) is 95.2 cm³/mol. The fourth-order valence-electron chi connectivity index (χ4n) is 3.11. The van der Waals surface area contributed by atoms with E-state index in [-0.39, 0.29) is 17.7 Å². The number of hydrogen-bond donors (Lipinski definition) is 1. The van der Waals surface area contributed by atoms with Gasteiger partial charge in [-0.2, -0.15) is 0 Å². The molecule has 2 unspecified atom stereocenters. The molecule has 2 aliphatic rings. The zero-order valence-electron chi connectivity index (χ0n) is 14.5. The van der Waals surface area contributed by atoms with E-state index in [1.807, 2.05) is 11.8 Å². The molecule has 6 nitrogen and oxygen atoms in total. The number of carbonyl (C=O) groups excluding carboxylic acids is 2. The SMILES string of the molecule is Cc1csc(N2CCCN(C(=O)CCNC(=O)C3CC3C)CC2)n1. The van der Waals surface area contributed by atoms with E-state index in [9.17, 15) is 9.59 Å². The van der Waals surface area contributed by atoms with Crippen LogP contribution in [-0.4, -0.2) is 54.4 Å². The minimum Gasteiger partial charge on any atom is -0.355 e. The zero-order valence-corrected chi connectivity index (χ0v) is 15.3. The van der Waals surface area contributed by atoms with Crippen molar-refractivity contribution in [3.05, 3.63) is 11.1 Å². The van der Waals surface area contributed by atoms with Crippen LogP contribution in [0.25, 0.3) is 0 Å². The van der Waals surface area contributed by atoms with Gasteiger partial charge in [-0.25, -0.2) is 4.98 Å². The lowest BCUT2D eigenvalue weighted by Crippen LogP contribution is -2.37. The second-order valence-corrected chi connectivity index (χ2v) is 7.69. The van der Waals surface area contributed by atoms with Gasteiger partial charge in [-0.1, -0.05) is 6.92 Å². The lowest BCUT2D eigenvalue weighted by Gasteiger charge is -2.21. The van der Waals surface area contributed by atoms with Crippen LogP contribution in [0, 0.1) is 18.8 Å². The summed E-state index contributed by atoms with van der Waals surface area (Å²) < 4.78 is 0. The molecule has 1 aliphatic carbocycles. The molecule has 0 aromatic carbocycles. The number of hydrogen-bond acceptors (Lipinski definition) is 5. The van der Waals surface area contributed by atoms with Crippen molar-refractivity contribution in [1.29, 1.82) is 0 Å². The largest absolute Gasteiger partial charge is 0.355 e. The minimum atomic E-state index is 0.108. The maximum atomic E-state index is 12.4. The molecular weight excluding hydrogens is 324 g/mol. The lowest BCUT2D eigenvalue weighted by molar-refractivity contribution is -0.131. The van der Waals surface area contributed by atoms with Crippen molar-refractivity contribution in [2.24, 2.45) is 11.8 Å². The molecule has 2 fully saturated rings. The summed E-state index contributed by atoms with van der Waals surface area (Å²) in [5, 5.41) is 6.00. The van der Waals surface area contributed by atoms with Crippen molar-refractivity contribution in [3.8, 4) is 0 Å². The summed E-state index contributed by atoms with van der Waals surface area (Å²) in [4.78, 5) is 32.9. The summed E-state index contributed by atoms with van der Waals surface area (Å²) in [6, 6.07) is 0. The quantitative estimate of drug-likeness (QED) is 0.877. The number of thiazole rings is 1. The summed E-state index contributed by atoms with van der Waals surface area (Å²) in [5.41, 5.74) is 1.05. The van der Waals surface area contributed by atoms with Crippen LogP contribution in [0.3, 0.4) is 0 Å². The molecular formula is C17H26N4O2S. The molecule has 7 heteroatoms. The number of rotatable bonds is 5. The number of nitrogens with one attached hydrogen (secondary N) is 1. The summed E-state index contributed by atoms with van der Waals surface area (Å²) in [6.45, 7) is 7.81. The minimum absolute atomic E-state index is 0.108. The first-order valence-corrected chi connectivity index (χ1v) is 9.65. The van der Waals surface area contributed by atoms with Crippen molar-refractivity contribution < 1.29 is 9.59 Å². The van der Waals surface area contributed by atoms with E-state index < -0.39 is 0 Å². The Morgan fingerprint density at radius 2 is 2.12 bits per heavy atom. The molecule has 1 saturated carbocycles. The fraction of sp³-hybridized carbons (Fsp3) is 0.706. The van der Waals surface area contributed by atoms with Gasteiger partial charge in [0.15, 0.2) is 5.13 Å². The highest BCUT2D eigenvalue weighted by Crippen LogP contribution is 2.37. The molecule has 1 aromatic heterocycles. The van der Waals surface area contributed by atoms with Crippen molar-refractivity contribution in [2.45, 2.75) is 33.1 Å². The van der Waals surface area contributed by atoms with E-state index in [1.165, 1.54) is 0 Å². The highest BCUT2D eigenvalue weighted by atomic mass is 32.1. The van der Waals surface area contributed by atoms with Gasteiger partial charge in [-0.15, -0.1) is 11.3 Å². The molecule has 0 bridgehead atoms. The molecule has 1 aliphatic heterocycles. The van der Waals surface area contributed by atoms with Gasteiger partial charge < -0.3 is 15.1 Å². The van der Waals surface area contributed by atoms with Crippen LogP contribution >= 0.6 is 11.3 Å². The predicted octanol–water partition coefficient (Wildman–Crippen LogP) is 1.65. The van der Waals surface area contributed by atoms with Crippen LogP contribution in [0.1, 0.15) is 31.9 Å². The Morgan fingerprint density at radius 3 is 2.79 bits per heavy atom. The van der Waals surface area contributed by atoms with Gasteiger partial charge in [0.25, 0.3) is 0 Å². The van der Waals surface area contributed by atoms with Gasteiger partial charge in [0.2, 0.25) is 11.8 Å². The van der Waals surface area contributed by atoms with E-state index in [0.29, 0.717) is 18.9 Å². The molecule has 24 heavy (non-hydrogen) atoms. The molecule has 1 saturated heterocycles. The summed E-state index contributed by atoms with van der Waals surface area (Å²) in [5.74, 6) is 0.924. The first kappa shape index (κ1) is 17.2. The Morgan fingerprint density at radius 1 is 1.33 bits per heavy atom. The van der Waals surface area contributed by atoms with E-state index in [0.717, 1.165) is 49.8 Å². The monoisotopic (exact) mass is 350 g/mol. The van der Waals surface area contributed by atoms with Crippen LogP contribution in [0.15, 0.2) is 5.38 Å². The van der Waals surface area contributed by atoms with Crippen LogP contribution in [0.5, 0.6) is 0 Å². The Kier molecular flexibility index (Phi) is 5.38. The number of carbonyl (C=O) groups is 2. The maximum Gasteiger partial charge on any atom is 0.224 e. The molecule has 2 heterocycles. The normalized spacial score (nSPS) is 23.8. The average Bonchev–Trinajstić information content (AvgIpc) is 3.22. The van der Waals surface area contributed by atoms with Gasteiger partial charge in [-0.05, 0) is 25.7 Å². The van der Waals surface area contributed by atoms with Crippen LogP contribution < -0.4 is 10.2 Å². The molecule has 3 rings (SSSR count). The number of anilines is 1. The van der Waals surface area contributed by atoms with Gasteiger partial charge in [-0.3, -0.25) is 9.59 Å². The fourth-order valence-corrected chi connectivity index (χ4v) is 3.97. The van der Waals surface area contributed by atoms with Crippen LogP contribution in [0.2, 0.25) is 0 Å². The highest BCUT2D eigenvalue weighted by Gasteiger charge is 2.38. The van der Waals surface area contributed by atoms with Crippen LogP contribution in [0.4, 0.5) is 5.13 Å². The summed E-state index contributed by atoms with van der Waals surface area (Å²) in [6.07, 6.45) is 2.33. The van der Waals surface area contributed by atoms with Crippen molar-refractivity contribution in [3.63, 3.8) is 0 Å². The van der Waals surface area contributed by atoms with Crippen molar-refractivity contribution in [2.75, 3.05) is 37.6 Å². The van der Waals surface area contributed by atoms with Crippen molar-refractivity contribution in [1.82, 2.24) is 15.2 Å². The average molecular weight is 350 g/mol. The number of nitrogens with zero attached hydrogens (tertiary/aromatic N) is 3.